The third-order valence-corrected chi connectivity index (χ3v) is 3.91. The first kappa shape index (κ1) is 18.5. The van der Waals surface area contributed by atoms with Crippen LogP contribution in [0, 0.1) is 6.92 Å². The Hall–Kier alpha value is -1.58. The van der Waals surface area contributed by atoms with Gasteiger partial charge in [-0.05, 0) is 25.0 Å². The van der Waals surface area contributed by atoms with Crippen molar-refractivity contribution in [1.82, 2.24) is 4.98 Å². The van der Waals surface area contributed by atoms with Gasteiger partial charge in [-0.25, -0.2) is 4.98 Å². The molecule has 1 rings (SSSR count). The molecule has 0 aromatic carbocycles. The first-order chi connectivity index (χ1) is 10.6. The summed E-state index contributed by atoms with van der Waals surface area (Å²) in [6.07, 6.45) is 10.8. The number of unbranched alkanes of at least 4 members (excludes halogenated alkanes) is 6. The molecule has 0 amide bonds. The van der Waals surface area contributed by atoms with E-state index in [0.29, 0.717) is 6.54 Å². The molecule has 0 aliphatic rings. The van der Waals surface area contributed by atoms with Crippen molar-refractivity contribution in [3.63, 3.8) is 0 Å². The van der Waals surface area contributed by atoms with Crippen molar-refractivity contribution in [2.75, 3.05) is 18.0 Å². The highest BCUT2D eigenvalue weighted by Crippen LogP contribution is 2.17. The predicted molar refractivity (Wildman–Crippen MR) is 91.4 cm³/mol. The van der Waals surface area contributed by atoms with E-state index < -0.39 is 5.97 Å². The average Bonchev–Trinajstić information content (AvgIpc) is 2.50. The van der Waals surface area contributed by atoms with Crippen LogP contribution in [0.5, 0.6) is 0 Å². The molecule has 0 radical (unpaired) electrons. The van der Waals surface area contributed by atoms with Crippen molar-refractivity contribution in [3.05, 3.63) is 23.9 Å². The largest absolute Gasteiger partial charge is 0.481 e. The Morgan fingerprint density at radius 2 is 1.82 bits per heavy atom. The molecule has 0 bridgehead atoms. The molecule has 1 aromatic rings. The van der Waals surface area contributed by atoms with Crippen LogP contribution in [0.1, 0.15) is 63.9 Å². The van der Waals surface area contributed by atoms with E-state index >= 15 is 0 Å². The number of aryl methyl sites for hydroxylation is 1. The minimum atomic E-state index is -0.752. The van der Waals surface area contributed by atoms with Gasteiger partial charge in [0.25, 0.3) is 0 Å². The summed E-state index contributed by atoms with van der Waals surface area (Å²) in [5, 5.41) is 8.92. The van der Waals surface area contributed by atoms with Crippen LogP contribution in [-0.4, -0.2) is 29.1 Å². The molecule has 0 saturated heterocycles. The molecule has 0 atom stereocenters. The Kier molecular flexibility index (Phi) is 9.28. The van der Waals surface area contributed by atoms with E-state index in [1.807, 2.05) is 19.1 Å². The Labute approximate surface area is 134 Å². The smallest absolute Gasteiger partial charge is 0.305 e. The van der Waals surface area contributed by atoms with Gasteiger partial charge in [0.1, 0.15) is 5.82 Å². The Morgan fingerprint density at radius 3 is 2.45 bits per heavy atom. The fourth-order valence-electron chi connectivity index (χ4n) is 2.62. The van der Waals surface area contributed by atoms with Crippen molar-refractivity contribution >= 4 is 11.8 Å². The lowest BCUT2D eigenvalue weighted by atomic mass is 10.1. The minimum absolute atomic E-state index is 0.159. The van der Waals surface area contributed by atoms with Gasteiger partial charge in [0.05, 0.1) is 6.42 Å². The summed E-state index contributed by atoms with van der Waals surface area (Å²) >= 11 is 0. The van der Waals surface area contributed by atoms with E-state index in [0.717, 1.165) is 24.3 Å². The second kappa shape index (κ2) is 11.0. The zero-order chi connectivity index (χ0) is 16.2. The number of carboxylic acids is 1. The molecule has 0 saturated carbocycles. The highest BCUT2D eigenvalue weighted by molar-refractivity contribution is 5.67. The third-order valence-electron chi connectivity index (χ3n) is 3.91. The molecular formula is C18H30N2O2. The highest BCUT2D eigenvalue weighted by atomic mass is 16.4. The number of hydrogen-bond donors (Lipinski definition) is 1. The van der Waals surface area contributed by atoms with Gasteiger partial charge >= 0.3 is 5.97 Å². The van der Waals surface area contributed by atoms with Crippen LogP contribution in [0.4, 0.5) is 5.82 Å². The zero-order valence-corrected chi connectivity index (χ0v) is 14.1. The van der Waals surface area contributed by atoms with Gasteiger partial charge in [-0.3, -0.25) is 4.79 Å². The first-order valence-electron chi connectivity index (χ1n) is 8.53. The molecule has 22 heavy (non-hydrogen) atoms. The predicted octanol–water partition coefficient (Wildman–Crippen LogP) is 4.42. The van der Waals surface area contributed by atoms with Gasteiger partial charge in [-0.1, -0.05) is 51.5 Å². The van der Waals surface area contributed by atoms with Crippen LogP contribution in [0.3, 0.4) is 0 Å². The molecule has 0 fully saturated rings. The van der Waals surface area contributed by atoms with Crippen molar-refractivity contribution in [1.29, 1.82) is 0 Å². The van der Waals surface area contributed by atoms with Crippen molar-refractivity contribution in [2.24, 2.45) is 0 Å². The maximum Gasteiger partial charge on any atom is 0.305 e. The molecule has 124 valence electrons. The molecule has 4 nitrogen and oxygen atoms in total. The van der Waals surface area contributed by atoms with Gasteiger partial charge in [0, 0.05) is 19.3 Å². The minimum Gasteiger partial charge on any atom is -0.481 e. The summed E-state index contributed by atoms with van der Waals surface area (Å²) in [4.78, 5) is 17.4. The zero-order valence-electron chi connectivity index (χ0n) is 14.1. The van der Waals surface area contributed by atoms with E-state index in [1.54, 1.807) is 6.20 Å². The quantitative estimate of drug-likeness (QED) is 0.581. The number of aromatic nitrogens is 1. The molecule has 0 spiro atoms. The molecule has 0 aliphatic heterocycles. The van der Waals surface area contributed by atoms with Crippen LogP contribution in [-0.2, 0) is 4.79 Å². The Morgan fingerprint density at radius 1 is 1.14 bits per heavy atom. The van der Waals surface area contributed by atoms with Crippen molar-refractivity contribution < 1.29 is 9.90 Å². The lowest BCUT2D eigenvalue weighted by Crippen LogP contribution is -2.28. The monoisotopic (exact) mass is 306 g/mol. The van der Waals surface area contributed by atoms with Crippen LogP contribution in [0.15, 0.2) is 18.3 Å². The summed E-state index contributed by atoms with van der Waals surface area (Å²) in [6, 6.07) is 3.95. The molecule has 1 aromatic heterocycles. The van der Waals surface area contributed by atoms with Crippen LogP contribution in [0.2, 0.25) is 0 Å². The highest BCUT2D eigenvalue weighted by Gasteiger charge is 2.11. The van der Waals surface area contributed by atoms with E-state index in [2.05, 4.69) is 16.8 Å². The number of carbonyl (C=O) groups is 1. The fraction of sp³-hybridized carbons (Fsp3) is 0.667. The third kappa shape index (κ3) is 7.43. The summed E-state index contributed by atoms with van der Waals surface area (Å²) < 4.78 is 0. The topological polar surface area (TPSA) is 53.4 Å². The lowest BCUT2D eigenvalue weighted by molar-refractivity contribution is -0.136. The number of nitrogens with zero attached hydrogens (tertiary/aromatic N) is 2. The standard InChI is InChI=1S/C18H30N2O2/c1-3-4-5-6-7-8-9-14-20(15-12-17(21)22)18-16(2)11-10-13-19-18/h10-11,13H,3-9,12,14-15H2,1-2H3,(H,21,22). The maximum atomic E-state index is 10.8. The summed E-state index contributed by atoms with van der Waals surface area (Å²) in [7, 11) is 0. The Balaban J connectivity index is 2.42. The van der Waals surface area contributed by atoms with E-state index in [1.165, 1.54) is 38.5 Å². The number of aliphatic carboxylic acids is 1. The molecule has 1 N–H and O–H groups in total. The van der Waals surface area contributed by atoms with Gasteiger partial charge in [-0.15, -0.1) is 0 Å². The number of rotatable bonds is 12. The van der Waals surface area contributed by atoms with E-state index in [4.69, 9.17) is 5.11 Å². The molecular weight excluding hydrogens is 276 g/mol. The summed E-state index contributed by atoms with van der Waals surface area (Å²) in [5.74, 6) is 0.174. The summed E-state index contributed by atoms with van der Waals surface area (Å²) in [5.41, 5.74) is 1.11. The Bertz CT molecular complexity index is 435. The average molecular weight is 306 g/mol. The van der Waals surface area contributed by atoms with Crippen LogP contribution >= 0.6 is 0 Å². The lowest BCUT2D eigenvalue weighted by Gasteiger charge is -2.24. The number of anilines is 1. The van der Waals surface area contributed by atoms with Crippen molar-refractivity contribution in [3.8, 4) is 0 Å². The molecule has 0 unspecified atom stereocenters. The fourth-order valence-corrected chi connectivity index (χ4v) is 2.62. The van der Waals surface area contributed by atoms with Gasteiger partial charge < -0.3 is 10.0 Å². The normalized spacial score (nSPS) is 10.6. The van der Waals surface area contributed by atoms with E-state index in [-0.39, 0.29) is 6.42 Å². The van der Waals surface area contributed by atoms with Gasteiger partial charge in [0.2, 0.25) is 0 Å². The molecule has 0 aliphatic carbocycles. The number of carboxylic acid groups (broad SMARTS) is 1. The van der Waals surface area contributed by atoms with Crippen LogP contribution in [0.25, 0.3) is 0 Å². The van der Waals surface area contributed by atoms with Gasteiger partial charge in [-0.2, -0.15) is 0 Å². The van der Waals surface area contributed by atoms with E-state index in [9.17, 15) is 4.79 Å². The number of pyridine rings is 1. The van der Waals surface area contributed by atoms with Crippen molar-refractivity contribution in [2.45, 2.75) is 65.2 Å². The van der Waals surface area contributed by atoms with Gasteiger partial charge in [0.15, 0.2) is 0 Å². The van der Waals surface area contributed by atoms with Crippen LogP contribution < -0.4 is 4.90 Å². The summed E-state index contributed by atoms with van der Waals surface area (Å²) in [6.45, 7) is 5.68. The SMILES string of the molecule is CCCCCCCCCN(CCC(=O)O)c1ncccc1C. The number of hydrogen-bond acceptors (Lipinski definition) is 3. The first-order valence-corrected chi connectivity index (χ1v) is 8.53. The molecule has 4 heteroatoms. The maximum absolute atomic E-state index is 10.8. The second-order valence-electron chi connectivity index (χ2n) is 5.90. The molecule has 1 heterocycles. The second-order valence-corrected chi connectivity index (χ2v) is 5.90.